The molecule has 11 heavy (non-hydrogen) atoms. The van der Waals surface area contributed by atoms with Crippen molar-refractivity contribution in [2.45, 2.75) is 18.6 Å². The van der Waals surface area contributed by atoms with Crippen LogP contribution in [-0.4, -0.2) is 23.3 Å². The van der Waals surface area contributed by atoms with Crippen molar-refractivity contribution in [3.63, 3.8) is 0 Å². The molecule has 0 saturated heterocycles. The summed E-state index contributed by atoms with van der Waals surface area (Å²) < 4.78 is 4.89. The second-order valence-corrected chi connectivity index (χ2v) is 2.73. The highest BCUT2D eigenvalue weighted by Crippen LogP contribution is 2.25. The third-order valence-electron chi connectivity index (χ3n) is 1.88. The number of carbonyl (C=O) groups is 1. The Morgan fingerprint density at radius 1 is 1.64 bits per heavy atom. The molecule has 58 valence electrons. The zero-order chi connectivity index (χ0) is 7.84. The van der Waals surface area contributed by atoms with Gasteiger partial charge in [0.15, 0.2) is 0 Å². The Hall–Kier alpha value is -1.09. The summed E-state index contributed by atoms with van der Waals surface area (Å²) in [5.41, 5.74) is 0.875. The SMILES string of the molecule is O=C1C=C2C=C[C@H](O)C[C@H]2O1. The van der Waals surface area contributed by atoms with E-state index < -0.39 is 6.10 Å². The van der Waals surface area contributed by atoms with Gasteiger partial charge in [-0.15, -0.1) is 0 Å². The van der Waals surface area contributed by atoms with Crippen molar-refractivity contribution in [2.24, 2.45) is 0 Å². The predicted molar refractivity (Wildman–Crippen MR) is 37.7 cm³/mol. The van der Waals surface area contributed by atoms with Crippen molar-refractivity contribution >= 4 is 5.97 Å². The first-order valence-electron chi connectivity index (χ1n) is 3.54. The molecule has 1 heterocycles. The molecule has 0 unspecified atom stereocenters. The van der Waals surface area contributed by atoms with E-state index in [1.54, 1.807) is 12.2 Å². The summed E-state index contributed by atoms with van der Waals surface area (Å²) >= 11 is 0. The molecule has 0 fully saturated rings. The van der Waals surface area contributed by atoms with Crippen molar-refractivity contribution in [2.75, 3.05) is 0 Å². The zero-order valence-electron chi connectivity index (χ0n) is 5.86. The number of aliphatic hydroxyl groups excluding tert-OH is 1. The number of rotatable bonds is 0. The highest BCUT2D eigenvalue weighted by atomic mass is 16.5. The van der Waals surface area contributed by atoms with Crippen LogP contribution in [0.1, 0.15) is 6.42 Å². The zero-order valence-corrected chi connectivity index (χ0v) is 5.86. The maximum absolute atomic E-state index is 10.7. The topological polar surface area (TPSA) is 46.5 Å². The second-order valence-electron chi connectivity index (χ2n) is 2.73. The first-order valence-corrected chi connectivity index (χ1v) is 3.54. The van der Waals surface area contributed by atoms with E-state index in [-0.39, 0.29) is 12.1 Å². The van der Waals surface area contributed by atoms with Crippen LogP contribution in [0.15, 0.2) is 23.8 Å². The smallest absolute Gasteiger partial charge is 0.331 e. The third-order valence-corrected chi connectivity index (χ3v) is 1.88. The average molecular weight is 152 g/mol. The van der Waals surface area contributed by atoms with Crippen LogP contribution in [0.3, 0.4) is 0 Å². The average Bonchev–Trinajstić information content (AvgIpc) is 2.27. The van der Waals surface area contributed by atoms with E-state index >= 15 is 0 Å². The fraction of sp³-hybridized carbons (Fsp3) is 0.375. The lowest BCUT2D eigenvalue weighted by Crippen LogP contribution is -2.21. The van der Waals surface area contributed by atoms with Crippen LogP contribution < -0.4 is 0 Å². The van der Waals surface area contributed by atoms with Gasteiger partial charge in [-0.25, -0.2) is 4.79 Å². The summed E-state index contributed by atoms with van der Waals surface area (Å²) in [6.45, 7) is 0. The monoisotopic (exact) mass is 152 g/mol. The molecule has 1 aliphatic carbocycles. The molecule has 0 aromatic carbocycles. The highest BCUT2D eigenvalue weighted by Gasteiger charge is 2.28. The Labute approximate surface area is 64.0 Å². The normalized spacial score (nSPS) is 34.6. The van der Waals surface area contributed by atoms with Crippen LogP contribution >= 0.6 is 0 Å². The van der Waals surface area contributed by atoms with E-state index in [0.29, 0.717) is 6.42 Å². The maximum atomic E-state index is 10.7. The molecule has 0 aromatic heterocycles. The molecule has 1 N–H and O–H groups in total. The molecule has 3 heteroatoms. The summed E-state index contributed by atoms with van der Waals surface area (Å²) in [4.78, 5) is 10.7. The van der Waals surface area contributed by atoms with E-state index in [2.05, 4.69) is 0 Å². The van der Waals surface area contributed by atoms with Crippen molar-refractivity contribution in [3.05, 3.63) is 23.8 Å². The molecule has 0 radical (unpaired) electrons. The Kier molecular flexibility index (Phi) is 1.32. The number of hydrogen-bond donors (Lipinski definition) is 1. The Morgan fingerprint density at radius 2 is 2.45 bits per heavy atom. The predicted octanol–water partition coefficient (Wildman–Crippen LogP) is 0.159. The van der Waals surface area contributed by atoms with Crippen molar-refractivity contribution in [3.8, 4) is 0 Å². The van der Waals surface area contributed by atoms with Crippen LogP contribution in [-0.2, 0) is 9.53 Å². The van der Waals surface area contributed by atoms with Crippen LogP contribution in [0.4, 0.5) is 0 Å². The van der Waals surface area contributed by atoms with Crippen LogP contribution in [0, 0.1) is 0 Å². The Bertz CT molecular complexity index is 252. The van der Waals surface area contributed by atoms with Gasteiger partial charge in [0.1, 0.15) is 6.10 Å². The van der Waals surface area contributed by atoms with Gasteiger partial charge in [-0.3, -0.25) is 0 Å². The number of ether oxygens (including phenoxy) is 1. The lowest BCUT2D eigenvalue weighted by atomic mass is 9.98. The maximum Gasteiger partial charge on any atom is 0.331 e. The molecule has 2 rings (SSSR count). The third kappa shape index (κ3) is 1.07. The summed E-state index contributed by atoms with van der Waals surface area (Å²) in [6, 6.07) is 0. The lowest BCUT2D eigenvalue weighted by Gasteiger charge is -2.18. The minimum Gasteiger partial charge on any atom is -0.454 e. The highest BCUT2D eigenvalue weighted by molar-refractivity contribution is 5.86. The molecule has 1 aliphatic heterocycles. The molecule has 3 nitrogen and oxygen atoms in total. The first kappa shape index (κ1) is 6.61. The van der Waals surface area contributed by atoms with E-state index in [0.717, 1.165) is 5.57 Å². The van der Waals surface area contributed by atoms with E-state index in [4.69, 9.17) is 9.84 Å². The molecule has 0 aromatic rings. The van der Waals surface area contributed by atoms with Gasteiger partial charge in [0, 0.05) is 12.5 Å². The molecule has 2 atom stereocenters. The Morgan fingerprint density at radius 3 is 3.27 bits per heavy atom. The summed E-state index contributed by atoms with van der Waals surface area (Å²) in [5, 5.41) is 9.14. The lowest BCUT2D eigenvalue weighted by molar-refractivity contribution is -0.139. The number of fused-ring (bicyclic) bond motifs is 1. The summed E-state index contributed by atoms with van der Waals surface area (Å²) in [7, 11) is 0. The van der Waals surface area contributed by atoms with E-state index in [1.165, 1.54) is 6.08 Å². The van der Waals surface area contributed by atoms with Crippen molar-refractivity contribution < 1.29 is 14.6 Å². The van der Waals surface area contributed by atoms with Gasteiger partial charge in [0.2, 0.25) is 0 Å². The minimum atomic E-state index is -0.469. The quantitative estimate of drug-likeness (QED) is 0.503. The number of aliphatic hydroxyl groups is 1. The van der Waals surface area contributed by atoms with E-state index in [9.17, 15) is 4.79 Å². The van der Waals surface area contributed by atoms with Gasteiger partial charge in [0.05, 0.1) is 6.10 Å². The molecule has 2 aliphatic rings. The number of carbonyl (C=O) groups excluding carboxylic acids is 1. The molecular formula is C8H8O3. The van der Waals surface area contributed by atoms with E-state index in [1.807, 2.05) is 0 Å². The van der Waals surface area contributed by atoms with Crippen molar-refractivity contribution in [1.82, 2.24) is 0 Å². The largest absolute Gasteiger partial charge is 0.454 e. The minimum absolute atomic E-state index is 0.206. The molecular weight excluding hydrogens is 144 g/mol. The number of esters is 1. The first-order chi connectivity index (χ1) is 5.25. The van der Waals surface area contributed by atoms with Gasteiger partial charge in [-0.2, -0.15) is 0 Å². The van der Waals surface area contributed by atoms with Gasteiger partial charge >= 0.3 is 5.97 Å². The van der Waals surface area contributed by atoms with Crippen LogP contribution in [0.5, 0.6) is 0 Å². The molecule has 0 bridgehead atoms. The van der Waals surface area contributed by atoms with Gasteiger partial charge in [-0.1, -0.05) is 12.2 Å². The Balaban J connectivity index is 2.26. The molecule has 0 spiro atoms. The van der Waals surface area contributed by atoms with Gasteiger partial charge in [0.25, 0.3) is 0 Å². The number of hydrogen-bond acceptors (Lipinski definition) is 3. The van der Waals surface area contributed by atoms with Crippen LogP contribution in [0.2, 0.25) is 0 Å². The summed E-state index contributed by atoms with van der Waals surface area (Å²) in [6.07, 6.45) is 4.69. The van der Waals surface area contributed by atoms with Gasteiger partial charge < -0.3 is 9.84 Å². The summed E-state index contributed by atoms with van der Waals surface area (Å²) in [5.74, 6) is -0.302. The molecule has 0 saturated carbocycles. The fourth-order valence-corrected chi connectivity index (χ4v) is 1.33. The van der Waals surface area contributed by atoms with Crippen molar-refractivity contribution in [1.29, 1.82) is 0 Å². The second kappa shape index (κ2) is 2.20. The van der Waals surface area contributed by atoms with Gasteiger partial charge in [-0.05, 0) is 5.57 Å². The van der Waals surface area contributed by atoms with Crippen LogP contribution in [0.25, 0.3) is 0 Å². The standard InChI is InChI=1S/C8H8O3/c9-6-2-1-5-3-8(10)11-7(5)4-6/h1-3,6-7,9H,4H2/t6-,7+/m0/s1. The fourth-order valence-electron chi connectivity index (χ4n) is 1.33. The molecule has 0 amide bonds.